The monoisotopic (exact) mass is 368 g/mol. The van der Waals surface area contributed by atoms with Crippen LogP contribution in [0.25, 0.3) is 0 Å². The van der Waals surface area contributed by atoms with Gasteiger partial charge in [0, 0.05) is 36.7 Å². The summed E-state index contributed by atoms with van der Waals surface area (Å²) in [5.41, 5.74) is 0.350. The van der Waals surface area contributed by atoms with Crippen molar-refractivity contribution >= 4 is 21.8 Å². The van der Waals surface area contributed by atoms with E-state index in [1.54, 1.807) is 0 Å². The second-order valence-corrected chi connectivity index (χ2v) is 7.70. The first-order valence-corrected chi connectivity index (χ1v) is 8.52. The third-order valence-electron chi connectivity index (χ3n) is 3.91. The zero-order chi connectivity index (χ0) is 16.3. The van der Waals surface area contributed by atoms with Crippen molar-refractivity contribution in [3.8, 4) is 0 Å². The highest BCUT2D eigenvalue weighted by atomic mass is 79.9. The average molecular weight is 369 g/mol. The molecule has 1 N–H and O–H groups in total. The summed E-state index contributed by atoms with van der Waals surface area (Å²) in [5, 5.41) is 9.92. The summed E-state index contributed by atoms with van der Waals surface area (Å²) in [7, 11) is 0. The maximum absolute atomic E-state index is 12.5. The van der Waals surface area contributed by atoms with E-state index in [9.17, 15) is 9.90 Å². The van der Waals surface area contributed by atoms with E-state index < -0.39 is 5.60 Å². The summed E-state index contributed by atoms with van der Waals surface area (Å²) >= 11 is 3.41. The molecule has 122 valence electrons. The summed E-state index contributed by atoms with van der Waals surface area (Å²) in [6.45, 7) is 8.73. The van der Waals surface area contributed by atoms with Gasteiger partial charge >= 0.3 is 0 Å². The molecule has 1 fully saturated rings. The fourth-order valence-electron chi connectivity index (χ4n) is 2.97. The molecule has 1 atom stereocenters. The smallest absolute Gasteiger partial charge is 0.227 e. The zero-order valence-corrected chi connectivity index (χ0v) is 15.1. The van der Waals surface area contributed by atoms with Crippen LogP contribution in [-0.4, -0.2) is 58.6 Å². The lowest BCUT2D eigenvalue weighted by molar-refractivity contribution is -0.135. The van der Waals surface area contributed by atoms with Gasteiger partial charge in [-0.3, -0.25) is 9.69 Å². The van der Waals surface area contributed by atoms with Crippen LogP contribution < -0.4 is 0 Å². The van der Waals surface area contributed by atoms with Crippen molar-refractivity contribution < 1.29 is 9.90 Å². The van der Waals surface area contributed by atoms with Crippen molar-refractivity contribution in [2.75, 3.05) is 26.2 Å². The van der Waals surface area contributed by atoms with Crippen molar-refractivity contribution in [3.63, 3.8) is 0 Å². The molecule has 1 aliphatic rings. The molecular formula is C17H25BrN2O2. The van der Waals surface area contributed by atoms with Crippen LogP contribution in [0.4, 0.5) is 0 Å². The number of aliphatic hydroxyl groups is 1. The van der Waals surface area contributed by atoms with Crippen LogP contribution in [0, 0.1) is 0 Å². The number of hydrogen-bond acceptors (Lipinski definition) is 3. The Morgan fingerprint density at radius 3 is 2.50 bits per heavy atom. The Bertz CT molecular complexity index is 510. The Morgan fingerprint density at radius 2 is 1.95 bits per heavy atom. The molecule has 5 heteroatoms. The second kappa shape index (κ2) is 7.11. The zero-order valence-electron chi connectivity index (χ0n) is 13.6. The Balaban J connectivity index is 1.90. The Labute approximate surface area is 141 Å². The SMILES string of the molecule is CC1CN(CC(C)(C)O)CCN1C(=O)Cc1ccc(Br)cc1. The van der Waals surface area contributed by atoms with Crippen LogP contribution in [0.3, 0.4) is 0 Å². The summed E-state index contributed by atoms with van der Waals surface area (Å²) < 4.78 is 1.03. The van der Waals surface area contributed by atoms with E-state index in [2.05, 4.69) is 27.8 Å². The molecule has 0 aromatic heterocycles. The molecule has 0 spiro atoms. The molecule has 2 rings (SSSR count). The van der Waals surface area contributed by atoms with Crippen LogP contribution in [0.5, 0.6) is 0 Å². The molecule has 1 amide bonds. The van der Waals surface area contributed by atoms with Crippen LogP contribution in [-0.2, 0) is 11.2 Å². The number of rotatable bonds is 4. The van der Waals surface area contributed by atoms with Gasteiger partial charge in [-0.2, -0.15) is 0 Å². The highest BCUT2D eigenvalue weighted by Crippen LogP contribution is 2.16. The van der Waals surface area contributed by atoms with Crippen LogP contribution >= 0.6 is 15.9 Å². The number of carbonyl (C=O) groups excluding carboxylic acids is 1. The van der Waals surface area contributed by atoms with Gasteiger partial charge in [-0.15, -0.1) is 0 Å². The minimum atomic E-state index is -0.691. The molecule has 1 aromatic rings. The maximum Gasteiger partial charge on any atom is 0.227 e. The standard InChI is InChI=1S/C17H25BrN2O2/c1-13-11-19(12-17(2,3)22)8-9-20(13)16(21)10-14-4-6-15(18)7-5-14/h4-7,13,22H,8-12H2,1-3H3. The van der Waals surface area contributed by atoms with E-state index in [4.69, 9.17) is 0 Å². The van der Waals surface area contributed by atoms with E-state index in [1.165, 1.54) is 0 Å². The molecule has 4 nitrogen and oxygen atoms in total. The largest absolute Gasteiger partial charge is 0.389 e. The van der Waals surface area contributed by atoms with E-state index in [0.717, 1.165) is 29.7 Å². The third kappa shape index (κ3) is 5.07. The first kappa shape index (κ1) is 17.4. The van der Waals surface area contributed by atoms with Gasteiger partial charge < -0.3 is 10.0 Å². The fraction of sp³-hybridized carbons (Fsp3) is 0.588. The molecule has 0 radical (unpaired) electrons. The molecule has 0 bridgehead atoms. The molecule has 1 unspecified atom stereocenters. The number of β-amino-alcohol motifs (C(OH)–C–C–N with tert-alkyl or cyclic N) is 1. The predicted octanol–water partition coefficient (Wildman–Crippen LogP) is 2.30. The normalized spacial score (nSPS) is 20.2. The number of benzene rings is 1. The lowest BCUT2D eigenvalue weighted by Gasteiger charge is -2.41. The highest BCUT2D eigenvalue weighted by molar-refractivity contribution is 9.10. The van der Waals surface area contributed by atoms with Crippen molar-refractivity contribution in [1.82, 2.24) is 9.80 Å². The lowest BCUT2D eigenvalue weighted by atomic mass is 10.1. The van der Waals surface area contributed by atoms with Gasteiger partial charge in [0.1, 0.15) is 0 Å². The molecule has 1 saturated heterocycles. The Morgan fingerprint density at radius 1 is 1.32 bits per heavy atom. The highest BCUT2D eigenvalue weighted by Gasteiger charge is 2.29. The van der Waals surface area contributed by atoms with Gasteiger partial charge in [-0.25, -0.2) is 0 Å². The van der Waals surface area contributed by atoms with Crippen LogP contribution in [0.2, 0.25) is 0 Å². The maximum atomic E-state index is 12.5. The van der Waals surface area contributed by atoms with E-state index >= 15 is 0 Å². The molecule has 0 saturated carbocycles. The average Bonchev–Trinajstić information content (AvgIpc) is 2.39. The minimum Gasteiger partial charge on any atom is -0.389 e. The minimum absolute atomic E-state index is 0.178. The summed E-state index contributed by atoms with van der Waals surface area (Å²) in [4.78, 5) is 16.7. The number of halogens is 1. The summed E-state index contributed by atoms with van der Waals surface area (Å²) in [6.07, 6.45) is 0.448. The predicted molar refractivity (Wildman–Crippen MR) is 91.8 cm³/mol. The molecule has 22 heavy (non-hydrogen) atoms. The number of nitrogens with zero attached hydrogens (tertiary/aromatic N) is 2. The number of hydrogen-bond donors (Lipinski definition) is 1. The number of piperazine rings is 1. The third-order valence-corrected chi connectivity index (χ3v) is 4.44. The Kier molecular flexibility index (Phi) is 5.64. The van der Waals surface area contributed by atoms with E-state index in [-0.39, 0.29) is 11.9 Å². The van der Waals surface area contributed by atoms with Gasteiger partial charge in [-0.1, -0.05) is 28.1 Å². The van der Waals surface area contributed by atoms with Gasteiger partial charge in [0.15, 0.2) is 0 Å². The molecule has 1 aromatic carbocycles. The van der Waals surface area contributed by atoms with E-state index in [0.29, 0.717) is 13.0 Å². The topological polar surface area (TPSA) is 43.8 Å². The first-order chi connectivity index (χ1) is 10.2. The van der Waals surface area contributed by atoms with Crippen molar-refractivity contribution in [3.05, 3.63) is 34.3 Å². The number of amides is 1. The molecule has 0 aliphatic carbocycles. The quantitative estimate of drug-likeness (QED) is 0.886. The number of carbonyl (C=O) groups is 1. The van der Waals surface area contributed by atoms with Crippen LogP contribution in [0.1, 0.15) is 26.3 Å². The summed E-state index contributed by atoms with van der Waals surface area (Å²) in [6, 6.07) is 8.08. The fourth-order valence-corrected chi connectivity index (χ4v) is 3.24. The van der Waals surface area contributed by atoms with Crippen molar-refractivity contribution in [2.24, 2.45) is 0 Å². The van der Waals surface area contributed by atoms with Crippen molar-refractivity contribution in [2.45, 2.75) is 38.8 Å². The van der Waals surface area contributed by atoms with Gasteiger partial charge in [-0.05, 0) is 38.5 Å². The van der Waals surface area contributed by atoms with Crippen molar-refractivity contribution in [1.29, 1.82) is 0 Å². The lowest BCUT2D eigenvalue weighted by Crippen LogP contribution is -2.56. The van der Waals surface area contributed by atoms with E-state index in [1.807, 2.05) is 43.0 Å². The van der Waals surface area contributed by atoms with Gasteiger partial charge in [0.2, 0.25) is 5.91 Å². The van der Waals surface area contributed by atoms with Gasteiger partial charge in [0.25, 0.3) is 0 Å². The molecule has 1 aliphatic heterocycles. The molecular weight excluding hydrogens is 344 g/mol. The summed E-state index contributed by atoms with van der Waals surface area (Å²) in [5.74, 6) is 0.178. The Hall–Kier alpha value is -0.910. The van der Waals surface area contributed by atoms with Crippen LogP contribution in [0.15, 0.2) is 28.7 Å². The molecule has 1 heterocycles. The first-order valence-electron chi connectivity index (χ1n) is 7.73. The van der Waals surface area contributed by atoms with Gasteiger partial charge in [0.05, 0.1) is 12.0 Å². The second-order valence-electron chi connectivity index (χ2n) is 6.79.